The summed E-state index contributed by atoms with van der Waals surface area (Å²) >= 11 is 9.38. The van der Waals surface area contributed by atoms with Crippen LogP contribution in [0, 0.1) is 5.82 Å². The fourth-order valence-corrected chi connectivity index (χ4v) is 2.58. The SMILES string of the molecule is COc1cccc(CC(O)c2cc(Br)ccc2Cl)c1F. The highest BCUT2D eigenvalue weighted by Crippen LogP contribution is 2.30. The smallest absolute Gasteiger partial charge is 0.168 e. The molecule has 0 bridgehead atoms. The molecule has 2 aromatic carbocycles. The van der Waals surface area contributed by atoms with Gasteiger partial charge in [-0.3, -0.25) is 0 Å². The van der Waals surface area contributed by atoms with Crippen LogP contribution in [-0.4, -0.2) is 12.2 Å². The molecule has 20 heavy (non-hydrogen) atoms. The van der Waals surface area contributed by atoms with E-state index in [1.54, 1.807) is 30.3 Å². The van der Waals surface area contributed by atoms with Crippen LogP contribution < -0.4 is 4.74 Å². The summed E-state index contributed by atoms with van der Waals surface area (Å²) in [5, 5.41) is 10.7. The number of aliphatic hydroxyl groups excluding tert-OH is 1. The third-order valence-electron chi connectivity index (χ3n) is 2.99. The Kier molecular flexibility index (Phi) is 5.02. The van der Waals surface area contributed by atoms with E-state index in [0.29, 0.717) is 16.1 Å². The molecule has 2 rings (SSSR count). The highest BCUT2D eigenvalue weighted by Gasteiger charge is 2.16. The van der Waals surface area contributed by atoms with E-state index in [9.17, 15) is 9.50 Å². The molecule has 2 aromatic rings. The van der Waals surface area contributed by atoms with Crippen molar-refractivity contribution in [3.63, 3.8) is 0 Å². The van der Waals surface area contributed by atoms with Gasteiger partial charge in [0.2, 0.25) is 0 Å². The second kappa shape index (κ2) is 6.57. The summed E-state index contributed by atoms with van der Waals surface area (Å²) < 4.78 is 19.8. The van der Waals surface area contributed by atoms with Crippen LogP contribution in [0.3, 0.4) is 0 Å². The van der Waals surface area contributed by atoms with Crippen molar-refractivity contribution < 1.29 is 14.2 Å². The molecule has 2 nitrogen and oxygen atoms in total. The molecule has 1 N–H and O–H groups in total. The minimum atomic E-state index is -0.887. The van der Waals surface area contributed by atoms with Crippen LogP contribution in [0.5, 0.6) is 5.75 Å². The molecule has 0 saturated carbocycles. The van der Waals surface area contributed by atoms with Gasteiger partial charge < -0.3 is 9.84 Å². The number of ether oxygens (including phenoxy) is 1. The third-order valence-corrected chi connectivity index (χ3v) is 3.83. The summed E-state index contributed by atoms with van der Waals surface area (Å²) in [5.41, 5.74) is 0.941. The van der Waals surface area contributed by atoms with E-state index < -0.39 is 11.9 Å². The molecular formula is C15H13BrClFO2. The van der Waals surface area contributed by atoms with Crippen LogP contribution in [0.4, 0.5) is 4.39 Å². The first-order valence-electron chi connectivity index (χ1n) is 5.97. The molecular weight excluding hydrogens is 347 g/mol. The van der Waals surface area contributed by atoms with E-state index in [0.717, 1.165) is 4.47 Å². The van der Waals surface area contributed by atoms with Gasteiger partial charge in [-0.2, -0.15) is 0 Å². The maximum atomic E-state index is 14.1. The number of hydrogen-bond donors (Lipinski definition) is 1. The number of aliphatic hydroxyl groups is 1. The number of hydrogen-bond acceptors (Lipinski definition) is 2. The molecule has 0 saturated heterocycles. The largest absolute Gasteiger partial charge is 0.494 e. The van der Waals surface area contributed by atoms with Crippen LogP contribution in [0.1, 0.15) is 17.2 Å². The van der Waals surface area contributed by atoms with Gasteiger partial charge >= 0.3 is 0 Å². The van der Waals surface area contributed by atoms with Crippen molar-refractivity contribution in [2.45, 2.75) is 12.5 Å². The molecule has 0 amide bonds. The number of benzene rings is 2. The Balaban J connectivity index is 2.28. The second-order valence-corrected chi connectivity index (χ2v) is 5.64. The van der Waals surface area contributed by atoms with Gasteiger partial charge in [-0.15, -0.1) is 0 Å². The van der Waals surface area contributed by atoms with E-state index in [2.05, 4.69) is 15.9 Å². The summed E-state index contributed by atoms with van der Waals surface area (Å²) in [7, 11) is 1.41. The third kappa shape index (κ3) is 3.32. The zero-order chi connectivity index (χ0) is 14.7. The molecule has 0 aliphatic heterocycles. The molecule has 0 aliphatic carbocycles. The average molecular weight is 360 g/mol. The van der Waals surface area contributed by atoms with Crippen LogP contribution >= 0.6 is 27.5 Å². The van der Waals surface area contributed by atoms with Crippen molar-refractivity contribution in [3.8, 4) is 5.75 Å². The predicted octanol–water partition coefficient (Wildman–Crippen LogP) is 4.53. The zero-order valence-electron chi connectivity index (χ0n) is 10.7. The summed E-state index contributed by atoms with van der Waals surface area (Å²) in [4.78, 5) is 0. The maximum Gasteiger partial charge on any atom is 0.168 e. The van der Waals surface area contributed by atoms with Gasteiger partial charge in [0.25, 0.3) is 0 Å². The molecule has 1 atom stereocenters. The summed E-state index contributed by atoms with van der Waals surface area (Å²) in [6, 6.07) is 10.0. The first kappa shape index (κ1) is 15.3. The van der Waals surface area contributed by atoms with Gasteiger partial charge in [-0.05, 0) is 29.8 Å². The van der Waals surface area contributed by atoms with E-state index >= 15 is 0 Å². The molecule has 1 unspecified atom stereocenters. The minimum absolute atomic E-state index is 0.124. The Hall–Kier alpha value is -1.10. The van der Waals surface area contributed by atoms with E-state index in [4.69, 9.17) is 16.3 Å². The summed E-state index contributed by atoms with van der Waals surface area (Å²) in [6.45, 7) is 0. The van der Waals surface area contributed by atoms with Gasteiger partial charge in [0, 0.05) is 21.5 Å². The highest BCUT2D eigenvalue weighted by atomic mass is 79.9. The van der Waals surface area contributed by atoms with Crippen LogP contribution in [0.2, 0.25) is 5.02 Å². The Morgan fingerprint density at radius 1 is 1.35 bits per heavy atom. The van der Waals surface area contributed by atoms with Crippen molar-refractivity contribution in [2.24, 2.45) is 0 Å². The lowest BCUT2D eigenvalue weighted by molar-refractivity contribution is 0.177. The topological polar surface area (TPSA) is 29.5 Å². The van der Waals surface area contributed by atoms with Gasteiger partial charge in [-0.1, -0.05) is 39.7 Å². The van der Waals surface area contributed by atoms with Gasteiger partial charge in [-0.25, -0.2) is 4.39 Å². The monoisotopic (exact) mass is 358 g/mol. The molecule has 0 spiro atoms. The molecule has 5 heteroatoms. The Morgan fingerprint density at radius 3 is 2.80 bits per heavy atom. The van der Waals surface area contributed by atoms with Gasteiger partial charge in [0.15, 0.2) is 11.6 Å². The van der Waals surface area contributed by atoms with E-state index in [1.165, 1.54) is 13.2 Å². The molecule has 106 valence electrons. The Bertz CT molecular complexity index is 619. The van der Waals surface area contributed by atoms with Crippen molar-refractivity contribution in [1.29, 1.82) is 0 Å². The average Bonchev–Trinajstić information content (AvgIpc) is 2.43. The van der Waals surface area contributed by atoms with Crippen molar-refractivity contribution in [3.05, 3.63) is 62.8 Å². The maximum absolute atomic E-state index is 14.1. The van der Waals surface area contributed by atoms with Gasteiger partial charge in [0.1, 0.15) is 0 Å². The van der Waals surface area contributed by atoms with Crippen LogP contribution in [-0.2, 0) is 6.42 Å². The zero-order valence-corrected chi connectivity index (χ0v) is 13.1. The standard InChI is InChI=1S/C15H13BrClFO2/c1-20-14-4-2-3-9(15(14)18)7-13(19)11-8-10(16)5-6-12(11)17/h2-6,8,13,19H,7H2,1H3. The van der Waals surface area contributed by atoms with Crippen molar-refractivity contribution in [1.82, 2.24) is 0 Å². The predicted molar refractivity (Wildman–Crippen MR) is 80.8 cm³/mol. The minimum Gasteiger partial charge on any atom is -0.494 e. The lowest BCUT2D eigenvalue weighted by atomic mass is 10.0. The van der Waals surface area contributed by atoms with Crippen molar-refractivity contribution >= 4 is 27.5 Å². The van der Waals surface area contributed by atoms with Crippen molar-refractivity contribution in [2.75, 3.05) is 7.11 Å². The molecule has 0 aliphatic rings. The first-order valence-corrected chi connectivity index (χ1v) is 7.14. The summed E-state index contributed by atoms with van der Waals surface area (Å²) in [6.07, 6.45) is -0.763. The molecule has 0 heterocycles. The number of rotatable bonds is 4. The van der Waals surface area contributed by atoms with Crippen LogP contribution in [0.25, 0.3) is 0 Å². The van der Waals surface area contributed by atoms with Crippen LogP contribution in [0.15, 0.2) is 40.9 Å². The lowest BCUT2D eigenvalue weighted by Crippen LogP contribution is -2.05. The number of methoxy groups -OCH3 is 1. The fourth-order valence-electron chi connectivity index (χ4n) is 1.96. The highest BCUT2D eigenvalue weighted by molar-refractivity contribution is 9.10. The quantitative estimate of drug-likeness (QED) is 0.869. The van der Waals surface area contributed by atoms with E-state index in [1.807, 2.05) is 0 Å². The lowest BCUT2D eigenvalue weighted by Gasteiger charge is -2.14. The molecule has 0 aromatic heterocycles. The van der Waals surface area contributed by atoms with Gasteiger partial charge in [0.05, 0.1) is 13.2 Å². The second-order valence-electron chi connectivity index (χ2n) is 4.32. The fraction of sp³-hybridized carbons (Fsp3) is 0.200. The molecule has 0 radical (unpaired) electrons. The Morgan fingerprint density at radius 2 is 2.10 bits per heavy atom. The molecule has 0 fully saturated rings. The van der Waals surface area contributed by atoms with E-state index in [-0.39, 0.29) is 12.2 Å². The Labute approximate surface area is 130 Å². The summed E-state index contributed by atoms with van der Waals surface area (Å²) in [5.74, 6) is -0.296. The normalized spacial score (nSPS) is 12.2. The first-order chi connectivity index (χ1) is 9.52. The number of halogens is 3.